The lowest BCUT2D eigenvalue weighted by molar-refractivity contribution is -0.111. The average molecular weight is 218 g/mol. The number of hydrogen-bond donors (Lipinski definition) is 0. The Morgan fingerprint density at radius 1 is 1.07 bits per heavy atom. The first kappa shape index (κ1) is 12.0. The standard InChI is InChI=1S/C11H20ClNO/c12-11(14)7-3-1-4-8-13-9-5-2-6-10-13/h1-10H2. The zero-order valence-corrected chi connectivity index (χ0v) is 9.56. The van der Waals surface area contributed by atoms with Crippen molar-refractivity contribution >= 4 is 16.8 Å². The Hall–Kier alpha value is -0.0800. The summed E-state index contributed by atoms with van der Waals surface area (Å²) >= 11 is 5.26. The van der Waals surface area contributed by atoms with Crippen molar-refractivity contribution < 1.29 is 4.79 Å². The first-order valence-electron chi connectivity index (χ1n) is 5.70. The Balaban J connectivity index is 1.90. The highest BCUT2D eigenvalue weighted by Crippen LogP contribution is 2.10. The highest BCUT2D eigenvalue weighted by molar-refractivity contribution is 6.63. The van der Waals surface area contributed by atoms with Crippen LogP contribution in [0, 0.1) is 0 Å². The fourth-order valence-electron chi connectivity index (χ4n) is 1.96. The smallest absolute Gasteiger partial charge is 0.221 e. The Morgan fingerprint density at radius 3 is 2.43 bits per heavy atom. The minimum Gasteiger partial charge on any atom is -0.303 e. The van der Waals surface area contributed by atoms with Crippen LogP contribution in [0.5, 0.6) is 0 Å². The lowest BCUT2D eigenvalue weighted by Crippen LogP contribution is -2.30. The first-order valence-corrected chi connectivity index (χ1v) is 6.07. The van der Waals surface area contributed by atoms with Crippen LogP contribution in [0.15, 0.2) is 0 Å². The van der Waals surface area contributed by atoms with Crippen LogP contribution in [0.1, 0.15) is 44.9 Å². The largest absolute Gasteiger partial charge is 0.303 e. The molecule has 0 aromatic rings. The molecule has 1 saturated heterocycles. The molecule has 1 aliphatic heterocycles. The van der Waals surface area contributed by atoms with Crippen LogP contribution in [0.4, 0.5) is 0 Å². The van der Waals surface area contributed by atoms with E-state index in [1.807, 2.05) is 0 Å². The molecule has 0 spiro atoms. The third kappa shape index (κ3) is 5.61. The third-order valence-corrected chi connectivity index (χ3v) is 2.99. The number of nitrogens with zero attached hydrogens (tertiary/aromatic N) is 1. The molecule has 14 heavy (non-hydrogen) atoms. The van der Waals surface area contributed by atoms with Gasteiger partial charge in [-0.15, -0.1) is 0 Å². The number of halogens is 1. The molecule has 1 heterocycles. The number of unbranched alkanes of at least 4 members (excludes halogenated alkanes) is 2. The summed E-state index contributed by atoms with van der Waals surface area (Å²) in [6.07, 6.45) is 7.97. The normalized spacial score (nSPS) is 18.4. The molecule has 1 fully saturated rings. The number of piperidine rings is 1. The van der Waals surface area contributed by atoms with Gasteiger partial charge in [-0.3, -0.25) is 4.79 Å². The van der Waals surface area contributed by atoms with E-state index < -0.39 is 0 Å². The molecule has 0 amide bonds. The van der Waals surface area contributed by atoms with E-state index >= 15 is 0 Å². The summed E-state index contributed by atoms with van der Waals surface area (Å²) < 4.78 is 0. The summed E-state index contributed by atoms with van der Waals surface area (Å²) in [7, 11) is 0. The van der Waals surface area contributed by atoms with Gasteiger partial charge in [0.2, 0.25) is 5.24 Å². The van der Waals surface area contributed by atoms with Gasteiger partial charge in [0.1, 0.15) is 0 Å². The summed E-state index contributed by atoms with van der Waals surface area (Å²) in [5.74, 6) is 0. The second-order valence-electron chi connectivity index (χ2n) is 4.07. The average Bonchev–Trinajstić information content (AvgIpc) is 2.18. The highest BCUT2D eigenvalue weighted by Gasteiger charge is 2.08. The molecular weight excluding hydrogens is 198 g/mol. The molecule has 0 N–H and O–H groups in total. The molecule has 0 radical (unpaired) electrons. The maximum Gasteiger partial charge on any atom is 0.221 e. The van der Waals surface area contributed by atoms with Crippen LogP contribution >= 0.6 is 11.6 Å². The predicted octanol–water partition coefficient (Wildman–Crippen LogP) is 2.80. The van der Waals surface area contributed by atoms with Gasteiger partial charge in [-0.1, -0.05) is 12.8 Å². The third-order valence-electron chi connectivity index (χ3n) is 2.80. The van der Waals surface area contributed by atoms with Gasteiger partial charge in [-0.05, 0) is 56.9 Å². The van der Waals surface area contributed by atoms with Crippen molar-refractivity contribution in [2.24, 2.45) is 0 Å². The van der Waals surface area contributed by atoms with Gasteiger partial charge in [0, 0.05) is 6.42 Å². The molecule has 2 nitrogen and oxygen atoms in total. The predicted molar refractivity (Wildman–Crippen MR) is 59.6 cm³/mol. The van der Waals surface area contributed by atoms with E-state index in [2.05, 4.69) is 4.90 Å². The summed E-state index contributed by atoms with van der Waals surface area (Å²) in [5.41, 5.74) is 0. The highest BCUT2D eigenvalue weighted by atomic mass is 35.5. The van der Waals surface area contributed by atoms with Gasteiger partial charge in [0.15, 0.2) is 0 Å². The minimum atomic E-state index is -0.192. The summed E-state index contributed by atoms with van der Waals surface area (Å²) in [4.78, 5) is 13.0. The number of hydrogen-bond acceptors (Lipinski definition) is 2. The van der Waals surface area contributed by atoms with Gasteiger partial charge in [-0.2, -0.15) is 0 Å². The van der Waals surface area contributed by atoms with E-state index in [0.29, 0.717) is 6.42 Å². The van der Waals surface area contributed by atoms with Crippen molar-refractivity contribution in [2.75, 3.05) is 19.6 Å². The number of carbonyl (C=O) groups excluding carboxylic acids is 1. The van der Waals surface area contributed by atoms with Crippen molar-refractivity contribution in [3.63, 3.8) is 0 Å². The number of carbonyl (C=O) groups is 1. The summed E-state index contributed by atoms with van der Waals surface area (Å²) in [6.45, 7) is 3.75. The van der Waals surface area contributed by atoms with Gasteiger partial charge in [-0.25, -0.2) is 0 Å². The lowest BCUT2D eigenvalue weighted by atomic mass is 10.1. The fraction of sp³-hybridized carbons (Fsp3) is 0.909. The topological polar surface area (TPSA) is 20.3 Å². The van der Waals surface area contributed by atoms with Crippen molar-refractivity contribution in [1.82, 2.24) is 4.90 Å². The van der Waals surface area contributed by atoms with E-state index in [4.69, 9.17) is 11.6 Å². The summed E-state index contributed by atoms with van der Waals surface area (Å²) in [5, 5.41) is -0.192. The molecule has 0 unspecified atom stereocenters. The zero-order valence-electron chi connectivity index (χ0n) is 8.80. The molecule has 82 valence electrons. The maximum absolute atomic E-state index is 10.5. The monoisotopic (exact) mass is 217 g/mol. The van der Waals surface area contributed by atoms with Crippen LogP contribution in [0.25, 0.3) is 0 Å². The second kappa shape index (κ2) is 7.24. The van der Waals surface area contributed by atoms with Crippen molar-refractivity contribution in [2.45, 2.75) is 44.9 Å². The van der Waals surface area contributed by atoms with Crippen LogP contribution < -0.4 is 0 Å². The molecule has 3 heteroatoms. The molecule has 0 aliphatic carbocycles. The van der Waals surface area contributed by atoms with E-state index in [9.17, 15) is 4.79 Å². The van der Waals surface area contributed by atoms with Gasteiger partial charge >= 0.3 is 0 Å². The van der Waals surface area contributed by atoms with Crippen LogP contribution in [-0.4, -0.2) is 29.8 Å². The van der Waals surface area contributed by atoms with E-state index in [1.165, 1.54) is 45.3 Å². The SMILES string of the molecule is O=C(Cl)CCCCCN1CCCCC1. The van der Waals surface area contributed by atoms with E-state index in [-0.39, 0.29) is 5.24 Å². The Bertz CT molecular complexity index is 167. The number of rotatable bonds is 6. The van der Waals surface area contributed by atoms with Crippen molar-refractivity contribution in [3.8, 4) is 0 Å². The molecule has 1 aliphatic rings. The second-order valence-corrected chi connectivity index (χ2v) is 4.49. The minimum absolute atomic E-state index is 0.192. The Kier molecular flexibility index (Phi) is 6.20. The van der Waals surface area contributed by atoms with E-state index in [0.717, 1.165) is 12.8 Å². The van der Waals surface area contributed by atoms with Gasteiger partial charge in [0.05, 0.1) is 0 Å². The molecule has 0 saturated carbocycles. The van der Waals surface area contributed by atoms with Gasteiger partial charge < -0.3 is 4.90 Å². The summed E-state index contributed by atoms with van der Waals surface area (Å²) in [6, 6.07) is 0. The van der Waals surface area contributed by atoms with Gasteiger partial charge in [0.25, 0.3) is 0 Å². The molecule has 0 aromatic heterocycles. The van der Waals surface area contributed by atoms with Crippen LogP contribution in [0.2, 0.25) is 0 Å². The maximum atomic E-state index is 10.5. The zero-order chi connectivity index (χ0) is 10.2. The molecule has 1 rings (SSSR count). The number of likely N-dealkylation sites (tertiary alicyclic amines) is 1. The fourth-order valence-corrected chi connectivity index (χ4v) is 2.09. The molecule has 0 bridgehead atoms. The van der Waals surface area contributed by atoms with Crippen LogP contribution in [-0.2, 0) is 4.79 Å². The van der Waals surface area contributed by atoms with E-state index in [1.54, 1.807) is 0 Å². The van der Waals surface area contributed by atoms with Crippen LogP contribution in [0.3, 0.4) is 0 Å². The van der Waals surface area contributed by atoms with Crippen molar-refractivity contribution in [1.29, 1.82) is 0 Å². The lowest BCUT2D eigenvalue weighted by Gasteiger charge is -2.26. The Morgan fingerprint density at radius 2 is 1.79 bits per heavy atom. The quantitative estimate of drug-likeness (QED) is 0.504. The molecule has 0 aromatic carbocycles. The molecular formula is C11H20ClNO. The van der Waals surface area contributed by atoms with Crippen molar-refractivity contribution in [3.05, 3.63) is 0 Å². The molecule has 0 atom stereocenters. The first-order chi connectivity index (χ1) is 6.79. The Labute approximate surface area is 91.6 Å².